The van der Waals surface area contributed by atoms with E-state index < -0.39 is 0 Å². The molecule has 2 aromatic rings. The monoisotopic (exact) mass is 407 g/mol. The van der Waals surface area contributed by atoms with E-state index in [1.807, 2.05) is 18.2 Å². The van der Waals surface area contributed by atoms with Crippen molar-refractivity contribution < 1.29 is 14.6 Å². The number of hydrogen-bond acceptors (Lipinski definition) is 3. The number of phenolic OH excluding ortho intramolecular Hbond substituents is 1. The fraction of sp³-hybridized carbons (Fsp3) is 0.381. The molecule has 1 amide bonds. The van der Waals surface area contributed by atoms with Crippen LogP contribution < -0.4 is 9.64 Å². The van der Waals surface area contributed by atoms with Gasteiger partial charge in [-0.25, -0.2) is 0 Å². The highest BCUT2D eigenvalue weighted by Gasteiger charge is 2.34. The fourth-order valence-electron chi connectivity index (χ4n) is 3.19. The van der Waals surface area contributed by atoms with Gasteiger partial charge in [-0.3, -0.25) is 4.79 Å². The molecule has 0 saturated carbocycles. The zero-order valence-corrected chi connectivity index (χ0v) is 17.3. The maximum absolute atomic E-state index is 13.3. The van der Waals surface area contributed by atoms with Gasteiger partial charge >= 0.3 is 0 Å². The van der Waals surface area contributed by atoms with Gasteiger partial charge in [-0.2, -0.15) is 0 Å². The van der Waals surface area contributed by atoms with Crippen LogP contribution in [0.1, 0.15) is 49.5 Å². The summed E-state index contributed by atoms with van der Waals surface area (Å²) in [7, 11) is 0. The Balaban J connectivity index is 2.10. The topological polar surface area (TPSA) is 49.8 Å². The number of rotatable bonds is 3. The first-order valence-electron chi connectivity index (χ1n) is 9.00. The Labute approximate surface area is 169 Å². The number of fused-ring (bicyclic) bond motifs is 1. The number of hydrogen-bond donors (Lipinski definition) is 1. The standard InChI is InChI=1S/C21H23Cl2NO3/c1-11(2)14-6-5-7-17-20(14)27-18(12(3)4)10-24(17)21(26)13-8-15(22)19(25)16(23)9-13/h5-9,11-12,18,25H,10H2,1-4H3. The Morgan fingerprint density at radius 3 is 2.37 bits per heavy atom. The Hall–Kier alpha value is -1.91. The summed E-state index contributed by atoms with van der Waals surface area (Å²) in [6, 6.07) is 8.74. The predicted molar refractivity (Wildman–Crippen MR) is 110 cm³/mol. The molecule has 1 aliphatic heterocycles. The summed E-state index contributed by atoms with van der Waals surface area (Å²) in [5.41, 5.74) is 2.13. The van der Waals surface area contributed by atoms with E-state index in [-0.39, 0.29) is 39.6 Å². The molecule has 4 nitrogen and oxygen atoms in total. The number of aromatic hydroxyl groups is 1. The molecule has 0 radical (unpaired) electrons. The van der Waals surface area contributed by atoms with Crippen molar-refractivity contribution in [1.29, 1.82) is 0 Å². The molecule has 1 unspecified atom stereocenters. The average molecular weight is 408 g/mol. The summed E-state index contributed by atoms with van der Waals surface area (Å²) in [5, 5.41) is 9.89. The highest BCUT2D eigenvalue weighted by molar-refractivity contribution is 6.37. The Morgan fingerprint density at radius 1 is 1.19 bits per heavy atom. The number of benzene rings is 2. The van der Waals surface area contributed by atoms with Gasteiger partial charge in [0.15, 0.2) is 5.75 Å². The van der Waals surface area contributed by atoms with Crippen LogP contribution in [0.15, 0.2) is 30.3 Å². The van der Waals surface area contributed by atoms with Gasteiger partial charge in [0.05, 0.1) is 22.3 Å². The highest BCUT2D eigenvalue weighted by atomic mass is 35.5. The first-order chi connectivity index (χ1) is 12.7. The number of halogens is 2. The number of nitrogens with zero attached hydrogens (tertiary/aromatic N) is 1. The number of ether oxygens (including phenoxy) is 1. The Morgan fingerprint density at radius 2 is 1.81 bits per heavy atom. The Kier molecular flexibility index (Phi) is 5.59. The maximum Gasteiger partial charge on any atom is 0.258 e. The largest absolute Gasteiger partial charge is 0.505 e. The molecule has 0 fully saturated rings. The summed E-state index contributed by atoms with van der Waals surface area (Å²) in [6.07, 6.45) is -0.121. The molecule has 144 valence electrons. The number of amides is 1. The van der Waals surface area contributed by atoms with Crippen LogP contribution in [0.3, 0.4) is 0 Å². The third kappa shape index (κ3) is 3.74. The molecule has 0 bridgehead atoms. The van der Waals surface area contributed by atoms with Crippen LogP contribution in [0.4, 0.5) is 5.69 Å². The van der Waals surface area contributed by atoms with Crippen molar-refractivity contribution in [2.75, 3.05) is 11.4 Å². The minimum Gasteiger partial charge on any atom is -0.505 e. The lowest BCUT2D eigenvalue weighted by Gasteiger charge is -2.38. The van der Waals surface area contributed by atoms with Crippen LogP contribution in [0, 0.1) is 5.92 Å². The predicted octanol–water partition coefficient (Wildman–Crippen LogP) is 5.89. The van der Waals surface area contributed by atoms with Crippen molar-refractivity contribution in [3.63, 3.8) is 0 Å². The summed E-state index contributed by atoms with van der Waals surface area (Å²) in [5.74, 6) is 0.803. The van der Waals surface area contributed by atoms with Gasteiger partial charge in [-0.1, -0.05) is 63.0 Å². The molecule has 1 heterocycles. The summed E-state index contributed by atoms with van der Waals surface area (Å²) in [6.45, 7) is 8.78. The zero-order valence-electron chi connectivity index (χ0n) is 15.8. The SMILES string of the molecule is CC(C)c1cccc2c1OC(C(C)C)CN2C(=O)c1cc(Cl)c(O)c(Cl)c1. The molecule has 0 spiro atoms. The summed E-state index contributed by atoms with van der Waals surface area (Å²) in [4.78, 5) is 15.0. The molecule has 0 aromatic heterocycles. The van der Waals surface area contributed by atoms with Crippen molar-refractivity contribution in [2.24, 2.45) is 5.92 Å². The molecule has 0 aliphatic carbocycles. The van der Waals surface area contributed by atoms with Gasteiger partial charge < -0.3 is 14.7 Å². The molecule has 0 saturated heterocycles. The number of carbonyl (C=O) groups is 1. The van der Waals surface area contributed by atoms with Crippen LogP contribution in [0.25, 0.3) is 0 Å². The third-order valence-electron chi connectivity index (χ3n) is 4.82. The second-order valence-electron chi connectivity index (χ2n) is 7.45. The second kappa shape index (κ2) is 7.61. The molecular weight excluding hydrogens is 385 g/mol. The lowest BCUT2D eigenvalue weighted by Crippen LogP contribution is -2.46. The van der Waals surface area contributed by atoms with E-state index in [4.69, 9.17) is 27.9 Å². The van der Waals surface area contributed by atoms with E-state index in [1.165, 1.54) is 12.1 Å². The van der Waals surface area contributed by atoms with E-state index in [9.17, 15) is 9.90 Å². The Bertz CT molecular complexity index is 857. The smallest absolute Gasteiger partial charge is 0.258 e. The van der Waals surface area contributed by atoms with Crippen LogP contribution in [-0.4, -0.2) is 23.7 Å². The van der Waals surface area contributed by atoms with Crippen LogP contribution in [0.2, 0.25) is 10.0 Å². The maximum atomic E-state index is 13.3. The van der Waals surface area contributed by atoms with Crippen LogP contribution in [-0.2, 0) is 0 Å². The molecule has 1 aliphatic rings. The van der Waals surface area contributed by atoms with Gasteiger partial charge in [0.1, 0.15) is 11.9 Å². The minimum atomic E-state index is -0.227. The quantitative estimate of drug-likeness (QED) is 0.689. The first-order valence-corrected chi connectivity index (χ1v) is 9.75. The molecule has 1 atom stereocenters. The lowest BCUT2D eigenvalue weighted by molar-refractivity contribution is 0.0928. The average Bonchev–Trinajstić information content (AvgIpc) is 2.63. The van der Waals surface area contributed by atoms with E-state index in [0.29, 0.717) is 12.1 Å². The number of phenols is 1. The molecule has 2 aromatic carbocycles. The van der Waals surface area contributed by atoms with E-state index in [1.54, 1.807) is 4.90 Å². The van der Waals surface area contributed by atoms with Crippen LogP contribution >= 0.6 is 23.2 Å². The second-order valence-corrected chi connectivity index (χ2v) is 8.27. The fourth-order valence-corrected chi connectivity index (χ4v) is 3.68. The molecule has 27 heavy (non-hydrogen) atoms. The van der Waals surface area contributed by atoms with Crippen molar-refractivity contribution in [3.8, 4) is 11.5 Å². The summed E-state index contributed by atoms with van der Waals surface area (Å²) < 4.78 is 6.28. The minimum absolute atomic E-state index is 0.0515. The number of anilines is 1. The van der Waals surface area contributed by atoms with Gasteiger partial charge in [0.2, 0.25) is 0 Å². The van der Waals surface area contributed by atoms with E-state index in [2.05, 4.69) is 27.7 Å². The van der Waals surface area contributed by atoms with Gasteiger partial charge in [0.25, 0.3) is 5.91 Å². The van der Waals surface area contributed by atoms with Crippen molar-refractivity contribution >= 4 is 34.8 Å². The number of para-hydroxylation sites is 1. The molecular formula is C21H23Cl2NO3. The molecule has 6 heteroatoms. The van der Waals surface area contributed by atoms with Gasteiger partial charge in [-0.15, -0.1) is 0 Å². The van der Waals surface area contributed by atoms with Crippen LogP contribution in [0.5, 0.6) is 11.5 Å². The molecule has 1 N–H and O–H groups in total. The van der Waals surface area contributed by atoms with Crippen molar-refractivity contribution in [3.05, 3.63) is 51.5 Å². The van der Waals surface area contributed by atoms with Gasteiger partial charge in [0, 0.05) is 5.56 Å². The normalized spacial score (nSPS) is 16.4. The van der Waals surface area contributed by atoms with Crippen molar-refractivity contribution in [1.82, 2.24) is 0 Å². The van der Waals surface area contributed by atoms with E-state index >= 15 is 0 Å². The first kappa shape index (κ1) is 19.8. The lowest BCUT2D eigenvalue weighted by atomic mass is 9.97. The zero-order chi connectivity index (χ0) is 19.9. The van der Waals surface area contributed by atoms with E-state index in [0.717, 1.165) is 17.0 Å². The van der Waals surface area contributed by atoms with Crippen molar-refractivity contribution in [2.45, 2.75) is 39.7 Å². The molecule has 3 rings (SSSR count). The summed E-state index contributed by atoms with van der Waals surface area (Å²) >= 11 is 12.0. The highest BCUT2D eigenvalue weighted by Crippen LogP contribution is 2.42. The number of carbonyl (C=O) groups excluding carboxylic acids is 1. The third-order valence-corrected chi connectivity index (χ3v) is 5.40. The van der Waals surface area contributed by atoms with Gasteiger partial charge in [-0.05, 0) is 35.6 Å².